The van der Waals surface area contributed by atoms with Gasteiger partial charge in [0.1, 0.15) is 18.1 Å². The predicted octanol–water partition coefficient (Wildman–Crippen LogP) is 5.14. The monoisotopic (exact) mass is 531 g/mol. The first kappa shape index (κ1) is 27.7. The van der Waals surface area contributed by atoms with Crippen LogP contribution in [0.2, 0.25) is 0 Å². The molecule has 1 aliphatic rings. The second-order valence-electron chi connectivity index (χ2n) is 9.25. The number of carbonyl (C=O) groups excluding carboxylic acids is 2. The number of nitrogens with zero attached hydrogens (tertiary/aromatic N) is 1. The zero-order valence-corrected chi connectivity index (χ0v) is 22.3. The van der Waals surface area contributed by atoms with Gasteiger partial charge in [0.2, 0.25) is 0 Å². The number of ketones is 1. The Morgan fingerprint density at radius 2 is 1.77 bits per heavy atom. The van der Waals surface area contributed by atoms with Gasteiger partial charge in [-0.25, -0.2) is 0 Å². The number of aryl methyl sites for hydroxylation is 1. The van der Waals surface area contributed by atoms with E-state index < -0.39 is 17.7 Å². The zero-order chi connectivity index (χ0) is 27.9. The van der Waals surface area contributed by atoms with Gasteiger partial charge in [0.15, 0.2) is 11.5 Å². The molecule has 8 heteroatoms. The second-order valence-corrected chi connectivity index (χ2v) is 9.25. The van der Waals surface area contributed by atoms with Crippen LogP contribution in [-0.4, -0.2) is 53.7 Å². The summed E-state index contributed by atoms with van der Waals surface area (Å²) in [5.41, 5.74) is 2.64. The lowest BCUT2D eigenvalue weighted by Crippen LogP contribution is -2.31. The van der Waals surface area contributed by atoms with Crippen molar-refractivity contribution < 1.29 is 34.0 Å². The van der Waals surface area contributed by atoms with Crippen LogP contribution in [0.3, 0.4) is 0 Å². The molecule has 1 saturated heterocycles. The number of ether oxygens (including phenoxy) is 3. The summed E-state index contributed by atoms with van der Waals surface area (Å²) >= 11 is 0. The number of phenols is 1. The van der Waals surface area contributed by atoms with Crippen LogP contribution in [0.5, 0.6) is 17.2 Å². The fourth-order valence-corrected chi connectivity index (χ4v) is 4.69. The Hall–Kier alpha value is -4.30. The summed E-state index contributed by atoms with van der Waals surface area (Å²) in [5.74, 6) is -0.962. The summed E-state index contributed by atoms with van der Waals surface area (Å²) in [7, 11) is 1.57. The minimum atomic E-state index is -0.866. The van der Waals surface area contributed by atoms with E-state index in [4.69, 9.17) is 14.2 Å². The SMILES string of the molecule is CCOc1cc(C2/C(=C(\O)c3ccc(OCc4ccccc4)cc3C)C(=O)C(=O)N2CCCOC)ccc1O. The number of aromatic hydroxyl groups is 1. The third-order valence-electron chi connectivity index (χ3n) is 6.59. The third kappa shape index (κ3) is 6.07. The Labute approximate surface area is 228 Å². The molecule has 1 aliphatic heterocycles. The minimum Gasteiger partial charge on any atom is -0.507 e. The van der Waals surface area contributed by atoms with E-state index in [9.17, 15) is 19.8 Å². The Balaban J connectivity index is 1.73. The maximum absolute atomic E-state index is 13.3. The number of likely N-dealkylation sites (tertiary alicyclic amines) is 1. The van der Waals surface area contributed by atoms with Crippen molar-refractivity contribution in [2.75, 3.05) is 26.9 Å². The number of phenolic OH excluding ortho intramolecular Hbond substituents is 1. The van der Waals surface area contributed by atoms with Gasteiger partial charge in [-0.3, -0.25) is 9.59 Å². The number of rotatable bonds is 11. The Morgan fingerprint density at radius 3 is 2.46 bits per heavy atom. The molecule has 0 aliphatic carbocycles. The molecule has 1 fully saturated rings. The van der Waals surface area contributed by atoms with Crippen molar-refractivity contribution in [1.29, 1.82) is 0 Å². The van der Waals surface area contributed by atoms with E-state index in [1.165, 1.54) is 11.0 Å². The highest BCUT2D eigenvalue weighted by atomic mass is 16.5. The molecule has 0 radical (unpaired) electrons. The average Bonchev–Trinajstić information content (AvgIpc) is 3.19. The van der Waals surface area contributed by atoms with Crippen LogP contribution in [0.4, 0.5) is 0 Å². The fourth-order valence-electron chi connectivity index (χ4n) is 4.69. The predicted molar refractivity (Wildman–Crippen MR) is 147 cm³/mol. The summed E-state index contributed by atoms with van der Waals surface area (Å²) in [6.45, 7) is 4.96. The molecule has 0 spiro atoms. The molecule has 1 atom stereocenters. The number of Topliss-reactive ketones (excluding diaryl/α,β-unsaturated/α-hetero) is 1. The molecule has 0 bridgehead atoms. The third-order valence-corrected chi connectivity index (χ3v) is 6.59. The van der Waals surface area contributed by atoms with Crippen LogP contribution >= 0.6 is 0 Å². The molecule has 1 unspecified atom stereocenters. The smallest absolute Gasteiger partial charge is 0.295 e. The Kier molecular flexibility index (Phi) is 8.88. The first-order valence-corrected chi connectivity index (χ1v) is 12.9. The number of aliphatic hydroxyl groups is 1. The van der Waals surface area contributed by atoms with Crippen molar-refractivity contribution in [3.63, 3.8) is 0 Å². The van der Waals surface area contributed by atoms with Crippen LogP contribution in [-0.2, 0) is 20.9 Å². The molecule has 1 amide bonds. The van der Waals surface area contributed by atoms with E-state index in [0.717, 1.165) is 5.56 Å². The van der Waals surface area contributed by atoms with Gasteiger partial charge in [-0.15, -0.1) is 0 Å². The van der Waals surface area contributed by atoms with Crippen molar-refractivity contribution in [2.24, 2.45) is 0 Å². The molecule has 3 aromatic rings. The standard InChI is InChI=1S/C31H33NO7/c1-4-38-26-18-22(11-14-25(26)33)28-27(30(35)31(36)32(28)15-8-16-37-3)29(34)24-13-12-23(17-20(24)2)39-19-21-9-6-5-7-10-21/h5-7,9-14,17-18,28,33-34H,4,8,15-16,19H2,1-3H3/b29-27+. The lowest BCUT2D eigenvalue weighted by molar-refractivity contribution is -0.140. The highest BCUT2D eigenvalue weighted by molar-refractivity contribution is 6.46. The van der Waals surface area contributed by atoms with Crippen LogP contribution in [0.1, 0.15) is 41.6 Å². The van der Waals surface area contributed by atoms with Crippen molar-refractivity contribution in [3.05, 3.63) is 94.6 Å². The number of hydrogen-bond acceptors (Lipinski definition) is 7. The lowest BCUT2D eigenvalue weighted by Gasteiger charge is -2.26. The minimum absolute atomic E-state index is 0.0217. The van der Waals surface area contributed by atoms with E-state index >= 15 is 0 Å². The van der Waals surface area contributed by atoms with Gasteiger partial charge >= 0.3 is 0 Å². The van der Waals surface area contributed by atoms with E-state index in [2.05, 4.69) is 0 Å². The number of amides is 1. The second kappa shape index (κ2) is 12.5. The molecule has 2 N–H and O–H groups in total. The quantitative estimate of drug-likeness (QED) is 0.153. The van der Waals surface area contributed by atoms with Crippen LogP contribution in [0.15, 0.2) is 72.3 Å². The summed E-state index contributed by atoms with van der Waals surface area (Å²) in [4.78, 5) is 27.9. The molecule has 8 nitrogen and oxygen atoms in total. The Bertz CT molecular complexity index is 1370. The van der Waals surface area contributed by atoms with Gasteiger partial charge in [-0.05, 0) is 67.3 Å². The highest BCUT2D eigenvalue weighted by Crippen LogP contribution is 2.42. The van der Waals surface area contributed by atoms with Crippen molar-refractivity contribution >= 4 is 17.4 Å². The number of benzene rings is 3. The van der Waals surface area contributed by atoms with Gasteiger partial charge in [0.05, 0.1) is 18.2 Å². The van der Waals surface area contributed by atoms with Gasteiger partial charge < -0.3 is 29.3 Å². The molecule has 4 rings (SSSR count). The van der Waals surface area contributed by atoms with Crippen molar-refractivity contribution in [2.45, 2.75) is 32.9 Å². The molecule has 204 valence electrons. The molecule has 0 aromatic heterocycles. The van der Waals surface area contributed by atoms with Gasteiger partial charge in [-0.2, -0.15) is 0 Å². The maximum atomic E-state index is 13.3. The first-order chi connectivity index (χ1) is 18.8. The van der Waals surface area contributed by atoms with E-state index in [1.807, 2.05) is 37.3 Å². The van der Waals surface area contributed by atoms with Crippen molar-refractivity contribution in [1.82, 2.24) is 4.90 Å². The molecule has 0 saturated carbocycles. The van der Waals surface area contributed by atoms with Crippen LogP contribution in [0, 0.1) is 6.92 Å². The topological polar surface area (TPSA) is 106 Å². The number of carbonyl (C=O) groups is 2. The van der Waals surface area contributed by atoms with E-state index in [-0.39, 0.29) is 29.4 Å². The molecular formula is C31H33NO7. The highest BCUT2D eigenvalue weighted by Gasteiger charge is 2.46. The molecule has 39 heavy (non-hydrogen) atoms. The van der Waals surface area contributed by atoms with Crippen LogP contribution in [0.25, 0.3) is 5.76 Å². The summed E-state index contributed by atoms with van der Waals surface area (Å²) in [5, 5.41) is 21.7. The van der Waals surface area contributed by atoms with Gasteiger partial charge in [0, 0.05) is 25.8 Å². The zero-order valence-electron chi connectivity index (χ0n) is 22.3. The van der Waals surface area contributed by atoms with Gasteiger partial charge in [-0.1, -0.05) is 36.4 Å². The first-order valence-electron chi connectivity index (χ1n) is 12.9. The Morgan fingerprint density at radius 1 is 1.00 bits per heavy atom. The molecule has 1 heterocycles. The normalized spacial score (nSPS) is 16.5. The summed E-state index contributed by atoms with van der Waals surface area (Å²) in [6.07, 6.45) is 0.503. The van der Waals surface area contributed by atoms with Crippen molar-refractivity contribution in [3.8, 4) is 17.2 Å². The molecule has 3 aromatic carbocycles. The summed E-state index contributed by atoms with van der Waals surface area (Å²) in [6, 6.07) is 18.8. The summed E-state index contributed by atoms with van der Waals surface area (Å²) < 4.78 is 16.6. The maximum Gasteiger partial charge on any atom is 0.295 e. The molecular weight excluding hydrogens is 498 g/mol. The van der Waals surface area contributed by atoms with Gasteiger partial charge in [0.25, 0.3) is 11.7 Å². The van der Waals surface area contributed by atoms with Crippen LogP contribution < -0.4 is 9.47 Å². The number of aliphatic hydroxyl groups excluding tert-OH is 1. The van der Waals surface area contributed by atoms with E-state index in [0.29, 0.717) is 48.7 Å². The number of hydrogen-bond donors (Lipinski definition) is 2. The largest absolute Gasteiger partial charge is 0.507 e. The lowest BCUT2D eigenvalue weighted by atomic mass is 9.93. The average molecular weight is 532 g/mol. The number of methoxy groups -OCH3 is 1. The fraction of sp³-hybridized carbons (Fsp3) is 0.290. The van der Waals surface area contributed by atoms with E-state index in [1.54, 1.807) is 44.4 Å².